The van der Waals surface area contributed by atoms with Crippen LogP contribution < -0.4 is 10.1 Å². The van der Waals surface area contributed by atoms with Crippen molar-refractivity contribution in [2.75, 3.05) is 5.32 Å². The average Bonchev–Trinajstić information content (AvgIpc) is 2.43. The average molecular weight is 267 g/mol. The number of amides is 1. The minimum atomic E-state index is -0.183. The molecule has 1 amide bonds. The molecule has 3 heteroatoms. The molecular weight excluding hydrogens is 250 g/mol. The van der Waals surface area contributed by atoms with Gasteiger partial charge in [0.2, 0.25) is 0 Å². The molecule has 20 heavy (non-hydrogen) atoms. The Kier molecular flexibility index (Phi) is 4.20. The molecule has 0 atom stereocenters. The van der Waals surface area contributed by atoms with Crippen LogP contribution in [0.1, 0.15) is 12.5 Å². The number of aryl methyl sites for hydroxylation is 1. The van der Waals surface area contributed by atoms with Crippen molar-refractivity contribution in [2.45, 2.75) is 13.8 Å². The highest BCUT2D eigenvalue weighted by molar-refractivity contribution is 6.02. The van der Waals surface area contributed by atoms with Crippen molar-refractivity contribution < 1.29 is 9.53 Å². The van der Waals surface area contributed by atoms with E-state index in [0.717, 1.165) is 11.5 Å². The minimum absolute atomic E-state index is 0.183. The maximum Gasteiger partial charge on any atom is 0.250 e. The monoisotopic (exact) mass is 267 g/mol. The summed E-state index contributed by atoms with van der Waals surface area (Å²) in [6, 6.07) is 15.1. The van der Waals surface area contributed by atoms with E-state index in [1.54, 1.807) is 19.1 Å². The molecule has 0 aliphatic rings. The van der Waals surface area contributed by atoms with Gasteiger partial charge in [0.1, 0.15) is 11.5 Å². The van der Waals surface area contributed by atoms with Gasteiger partial charge in [0.05, 0.1) is 0 Å². The molecule has 0 saturated carbocycles. The van der Waals surface area contributed by atoms with E-state index < -0.39 is 0 Å². The minimum Gasteiger partial charge on any atom is -0.457 e. The maximum atomic E-state index is 11.5. The normalized spacial score (nSPS) is 9.90. The fourth-order valence-electron chi connectivity index (χ4n) is 1.59. The summed E-state index contributed by atoms with van der Waals surface area (Å²) in [6.07, 6.45) is 0. The largest absolute Gasteiger partial charge is 0.457 e. The van der Waals surface area contributed by atoms with Crippen molar-refractivity contribution in [3.63, 3.8) is 0 Å². The van der Waals surface area contributed by atoms with Gasteiger partial charge in [-0.2, -0.15) is 0 Å². The topological polar surface area (TPSA) is 38.3 Å². The van der Waals surface area contributed by atoms with Crippen molar-refractivity contribution >= 4 is 11.6 Å². The standard InChI is InChI=1S/C17H17NO2/c1-12(2)17(19)18-14-6-10-16(11-7-14)20-15-8-4-13(3)5-9-15/h4-11H,1H2,2-3H3,(H,18,19). The highest BCUT2D eigenvalue weighted by Crippen LogP contribution is 2.23. The molecule has 1 N–H and O–H groups in total. The summed E-state index contributed by atoms with van der Waals surface area (Å²) in [5.41, 5.74) is 2.38. The van der Waals surface area contributed by atoms with Crippen molar-refractivity contribution in [3.05, 3.63) is 66.2 Å². The van der Waals surface area contributed by atoms with E-state index in [1.807, 2.05) is 43.3 Å². The molecule has 0 unspecified atom stereocenters. The maximum absolute atomic E-state index is 11.5. The summed E-state index contributed by atoms with van der Waals surface area (Å²) in [6.45, 7) is 7.30. The van der Waals surface area contributed by atoms with Gasteiger partial charge >= 0.3 is 0 Å². The molecule has 0 spiro atoms. The molecule has 0 aliphatic carbocycles. The number of carbonyl (C=O) groups excluding carboxylic acids is 1. The Morgan fingerprint density at radius 3 is 2.00 bits per heavy atom. The van der Waals surface area contributed by atoms with Gasteiger partial charge in [0.15, 0.2) is 0 Å². The molecular formula is C17H17NO2. The lowest BCUT2D eigenvalue weighted by molar-refractivity contribution is -0.112. The quantitative estimate of drug-likeness (QED) is 0.839. The lowest BCUT2D eigenvalue weighted by Gasteiger charge is -2.08. The Morgan fingerprint density at radius 2 is 1.50 bits per heavy atom. The first kappa shape index (κ1) is 13.9. The molecule has 2 aromatic rings. The zero-order chi connectivity index (χ0) is 14.5. The molecule has 102 valence electrons. The summed E-state index contributed by atoms with van der Waals surface area (Å²) in [7, 11) is 0. The molecule has 0 bridgehead atoms. The molecule has 0 heterocycles. The van der Waals surface area contributed by atoms with Gasteiger partial charge in [-0.25, -0.2) is 0 Å². The lowest BCUT2D eigenvalue weighted by atomic mass is 10.2. The Bertz CT molecular complexity index is 612. The number of rotatable bonds is 4. The highest BCUT2D eigenvalue weighted by Gasteiger charge is 2.03. The van der Waals surface area contributed by atoms with Crippen LogP contribution in [0.3, 0.4) is 0 Å². The fourth-order valence-corrected chi connectivity index (χ4v) is 1.59. The summed E-state index contributed by atoms with van der Waals surface area (Å²) < 4.78 is 5.71. The lowest BCUT2D eigenvalue weighted by Crippen LogP contribution is -2.11. The molecule has 0 fully saturated rings. The number of carbonyl (C=O) groups is 1. The predicted molar refractivity (Wildman–Crippen MR) is 81.1 cm³/mol. The van der Waals surface area contributed by atoms with Crippen LogP contribution in [0.5, 0.6) is 11.5 Å². The van der Waals surface area contributed by atoms with Crippen molar-refractivity contribution in [1.82, 2.24) is 0 Å². The van der Waals surface area contributed by atoms with Crippen LogP contribution in [0.4, 0.5) is 5.69 Å². The molecule has 0 aliphatic heterocycles. The number of hydrogen-bond donors (Lipinski definition) is 1. The number of benzene rings is 2. The Morgan fingerprint density at radius 1 is 1.00 bits per heavy atom. The van der Waals surface area contributed by atoms with E-state index in [9.17, 15) is 4.79 Å². The second-order valence-electron chi connectivity index (χ2n) is 4.67. The Balaban J connectivity index is 2.03. The first-order chi connectivity index (χ1) is 9.54. The zero-order valence-corrected chi connectivity index (χ0v) is 11.6. The molecule has 2 rings (SSSR count). The zero-order valence-electron chi connectivity index (χ0n) is 11.6. The van der Waals surface area contributed by atoms with Crippen molar-refractivity contribution in [2.24, 2.45) is 0 Å². The molecule has 0 radical (unpaired) electrons. The first-order valence-corrected chi connectivity index (χ1v) is 6.36. The van der Waals surface area contributed by atoms with Gasteiger partial charge in [0.25, 0.3) is 5.91 Å². The molecule has 0 aromatic heterocycles. The summed E-state index contributed by atoms with van der Waals surface area (Å²) in [4.78, 5) is 11.5. The predicted octanol–water partition coefficient (Wildman–Crippen LogP) is 4.30. The van der Waals surface area contributed by atoms with E-state index in [-0.39, 0.29) is 5.91 Å². The van der Waals surface area contributed by atoms with Crippen LogP contribution >= 0.6 is 0 Å². The van der Waals surface area contributed by atoms with Gasteiger partial charge in [0, 0.05) is 11.3 Å². The van der Waals surface area contributed by atoms with Crippen LogP contribution in [0.25, 0.3) is 0 Å². The smallest absolute Gasteiger partial charge is 0.250 e. The van der Waals surface area contributed by atoms with Crippen LogP contribution in [0, 0.1) is 6.92 Å². The Hall–Kier alpha value is -2.55. The van der Waals surface area contributed by atoms with E-state index in [1.165, 1.54) is 5.56 Å². The van der Waals surface area contributed by atoms with Gasteiger partial charge in [-0.3, -0.25) is 4.79 Å². The van der Waals surface area contributed by atoms with Crippen molar-refractivity contribution in [3.8, 4) is 11.5 Å². The number of anilines is 1. The van der Waals surface area contributed by atoms with Crippen molar-refractivity contribution in [1.29, 1.82) is 0 Å². The summed E-state index contributed by atoms with van der Waals surface area (Å²) >= 11 is 0. The van der Waals surface area contributed by atoms with E-state index in [4.69, 9.17) is 4.74 Å². The summed E-state index contributed by atoms with van der Waals surface area (Å²) in [5, 5.41) is 2.75. The molecule has 3 nitrogen and oxygen atoms in total. The third-order valence-corrected chi connectivity index (χ3v) is 2.76. The third-order valence-electron chi connectivity index (χ3n) is 2.76. The van der Waals surface area contributed by atoms with E-state index in [2.05, 4.69) is 11.9 Å². The van der Waals surface area contributed by atoms with Crippen LogP contribution in [0.2, 0.25) is 0 Å². The third kappa shape index (κ3) is 3.72. The number of hydrogen-bond acceptors (Lipinski definition) is 2. The fraction of sp³-hybridized carbons (Fsp3) is 0.118. The number of nitrogens with one attached hydrogen (secondary N) is 1. The van der Waals surface area contributed by atoms with Gasteiger partial charge in [-0.15, -0.1) is 0 Å². The first-order valence-electron chi connectivity index (χ1n) is 6.36. The van der Waals surface area contributed by atoms with E-state index in [0.29, 0.717) is 11.3 Å². The van der Waals surface area contributed by atoms with Crippen LogP contribution in [-0.2, 0) is 4.79 Å². The van der Waals surface area contributed by atoms with Crippen LogP contribution in [0.15, 0.2) is 60.7 Å². The Labute approximate surface area is 118 Å². The number of ether oxygens (including phenoxy) is 1. The van der Waals surface area contributed by atoms with Crippen LogP contribution in [-0.4, -0.2) is 5.91 Å². The highest BCUT2D eigenvalue weighted by atomic mass is 16.5. The van der Waals surface area contributed by atoms with Gasteiger partial charge < -0.3 is 10.1 Å². The molecule has 2 aromatic carbocycles. The van der Waals surface area contributed by atoms with Gasteiger partial charge in [-0.1, -0.05) is 24.3 Å². The van der Waals surface area contributed by atoms with Gasteiger partial charge in [-0.05, 0) is 50.2 Å². The second-order valence-corrected chi connectivity index (χ2v) is 4.67. The molecule has 0 saturated heterocycles. The SMILES string of the molecule is C=C(C)C(=O)Nc1ccc(Oc2ccc(C)cc2)cc1. The van der Waals surface area contributed by atoms with E-state index >= 15 is 0 Å². The summed E-state index contributed by atoms with van der Waals surface area (Å²) in [5.74, 6) is 1.33. The second kappa shape index (κ2) is 6.06.